The van der Waals surface area contributed by atoms with Crippen molar-refractivity contribution in [2.24, 2.45) is 0 Å². The van der Waals surface area contributed by atoms with E-state index in [0.29, 0.717) is 39.5 Å². The number of carbonyl (C=O) groups excluding carboxylic acids is 1. The highest BCUT2D eigenvalue weighted by Gasteiger charge is 2.13. The second-order valence-electron chi connectivity index (χ2n) is 7.65. The Kier molecular flexibility index (Phi) is 5.61. The molecular formula is C25H22ClN3O2. The monoisotopic (exact) mass is 431 g/mol. The Bertz CT molecular complexity index is 1380. The fourth-order valence-electron chi connectivity index (χ4n) is 3.58. The zero-order valence-electron chi connectivity index (χ0n) is 17.6. The normalized spacial score (nSPS) is 11.0. The van der Waals surface area contributed by atoms with Gasteiger partial charge in [-0.1, -0.05) is 47.5 Å². The molecule has 0 saturated heterocycles. The molecular weight excluding hydrogens is 410 g/mol. The molecule has 0 unspecified atom stereocenters. The van der Waals surface area contributed by atoms with Gasteiger partial charge in [-0.3, -0.25) is 14.2 Å². The molecule has 0 spiro atoms. The maximum Gasteiger partial charge on any atom is 0.261 e. The summed E-state index contributed by atoms with van der Waals surface area (Å²) in [6.07, 6.45) is 0. The third-order valence-electron chi connectivity index (χ3n) is 5.35. The molecule has 0 radical (unpaired) electrons. The first-order valence-electron chi connectivity index (χ1n) is 9.96. The summed E-state index contributed by atoms with van der Waals surface area (Å²) in [7, 11) is 0. The lowest BCUT2D eigenvalue weighted by Gasteiger charge is -2.14. The van der Waals surface area contributed by atoms with Gasteiger partial charge in [-0.15, -0.1) is 0 Å². The minimum absolute atomic E-state index is 0.141. The predicted octanol–water partition coefficient (Wildman–Crippen LogP) is 5.28. The quantitative estimate of drug-likeness (QED) is 0.478. The van der Waals surface area contributed by atoms with Crippen molar-refractivity contribution in [1.29, 1.82) is 0 Å². The molecule has 0 aliphatic heterocycles. The van der Waals surface area contributed by atoms with Crippen molar-refractivity contribution in [2.45, 2.75) is 27.3 Å². The molecule has 31 heavy (non-hydrogen) atoms. The van der Waals surface area contributed by atoms with Crippen molar-refractivity contribution in [3.8, 4) is 0 Å². The van der Waals surface area contributed by atoms with E-state index in [9.17, 15) is 9.59 Å². The molecule has 0 bridgehead atoms. The summed E-state index contributed by atoms with van der Waals surface area (Å²) < 4.78 is 1.67. The van der Waals surface area contributed by atoms with Crippen LogP contribution in [0.25, 0.3) is 10.9 Å². The van der Waals surface area contributed by atoms with E-state index < -0.39 is 0 Å². The molecule has 1 N–H and O–H groups in total. The Morgan fingerprint density at radius 2 is 1.81 bits per heavy atom. The van der Waals surface area contributed by atoms with Gasteiger partial charge in [-0.05, 0) is 62.2 Å². The van der Waals surface area contributed by atoms with E-state index in [2.05, 4.69) is 28.5 Å². The van der Waals surface area contributed by atoms with Gasteiger partial charge >= 0.3 is 0 Å². The van der Waals surface area contributed by atoms with E-state index in [1.165, 1.54) is 0 Å². The Morgan fingerprint density at radius 1 is 1.03 bits per heavy atom. The largest absolute Gasteiger partial charge is 0.322 e. The van der Waals surface area contributed by atoms with Crippen molar-refractivity contribution in [2.75, 3.05) is 5.32 Å². The second kappa shape index (κ2) is 8.36. The zero-order chi connectivity index (χ0) is 22.1. The van der Waals surface area contributed by atoms with Crippen LogP contribution >= 0.6 is 11.6 Å². The summed E-state index contributed by atoms with van der Waals surface area (Å²) in [6, 6.07) is 18.2. The Balaban J connectivity index is 1.72. The van der Waals surface area contributed by atoms with Crippen molar-refractivity contribution < 1.29 is 4.79 Å². The highest BCUT2D eigenvalue weighted by atomic mass is 35.5. The van der Waals surface area contributed by atoms with Crippen LogP contribution in [0.4, 0.5) is 5.69 Å². The fourth-order valence-corrected chi connectivity index (χ4v) is 3.80. The van der Waals surface area contributed by atoms with Gasteiger partial charge in [-0.2, -0.15) is 0 Å². The standard InChI is InChI=1S/C25H22ClN3O2/c1-15-8-9-16(2)18(12-15)14-29-17(3)27-23-11-10-19(13-21(23)25(29)31)28-24(30)20-6-4-5-7-22(20)26/h4-13H,14H2,1-3H3,(H,28,30). The Labute approximate surface area is 185 Å². The van der Waals surface area contributed by atoms with Gasteiger partial charge in [0.15, 0.2) is 0 Å². The number of hydrogen-bond acceptors (Lipinski definition) is 3. The number of halogens is 1. The lowest BCUT2D eigenvalue weighted by atomic mass is 10.1. The van der Waals surface area contributed by atoms with E-state index in [-0.39, 0.29) is 11.5 Å². The lowest BCUT2D eigenvalue weighted by molar-refractivity contribution is 0.102. The number of carbonyl (C=O) groups is 1. The lowest BCUT2D eigenvalue weighted by Crippen LogP contribution is -2.25. The zero-order valence-corrected chi connectivity index (χ0v) is 18.3. The molecule has 5 nitrogen and oxygen atoms in total. The van der Waals surface area contributed by atoms with E-state index in [1.54, 1.807) is 47.0 Å². The average Bonchev–Trinajstić information content (AvgIpc) is 2.74. The van der Waals surface area contributed by atoms with Gasteiger partial charge in [0.1, 0.15) is 5.82 Å². The van der Waals surface area contributed by atoms with Crippen molar-refractivity contribution >= 4 is 34.1 Å². The molecule has 1 aromatic heterocycles. The maximum absolute atomic E-state index is 13.3. The van der Waals surface area contributed by atoms with Gasteiger partial charge in [0, 0.05) is 5.69 Å². The number of anilines is 1. The van der Waals surface area contributed by atoms with Gasteiger partial charge in [0.05, 0.1) is 28.0 Å². The molecule has 4 rings (SSSR count). The summed E-state index contributed by atoms with van der Waals surface area (Å²) >= 11 is 6.12. The number of benzene rings is 3. The van der Waals surface area contributed by atoms with Crippen LogP contribution in [0.3, 0.4) is 0 Å². The van der Waals surface area contributed by atoms with Crippen molar-refractivity contribution in [3.05, 3.63) is 104 Å². The van der Waals surface area contributed by atoms with Gasteiger partial charge in [-0.25, -0.2) is 4.98 Å². The molecule has 0 fully saturated rings. The highest BCUT2D eigenvalue weighted by molar-refractivity contribution is 6.34. The van der Waals surface area contributed by atoms with Crippen LogP contribution in [0.1, 0.15) is 32.9 Å². The van der Waals surface area contributed by atoms with Gasteiger partial charge in [0.25, 0.3) is 11.5 Å². The smallest absolute Gasteiger partial charge is 0.261 e. The molecule has 1 heterocycles. The first-order valence-corrected chi connectivity index (χ1v) is 10.3. The van der Waals surface area contributed by atoms with Crippen LogP contribution < -0.4 is 10.9 Å². The molecule has 1 amide bonds. The summed E-state index contributed by atoms with van der Waals surface area (Å²) in [5.41, 5.74) is 4.68. The first-order chi connectivity index (χ1) is 14.8. The molecule has 0 saturated carbocycles. The molecule has 0 atom stereocenters. The molecule has 6 heteroatoms. The number of nitrogens with one attached hydrogen (secondary N) is 1. The maximum atomic E-state index is 13.3. The van der Waals surface area contributed by atoms with Crippen LogP contribution in [-0.2, 0) is 6.54 Å². The molecule has 4 aromatic rings. The van der Waals surface area contributed by atoms with Crippen LogP contribution in [-0.4, -0.2) is 15.5 Å². The highest BCUT2D eigenvalue weighted by Crippen LogP contribution is 2.20. The summed E-state index contributed by atoms with van der Waals surface area (Å²) in [5, 5.41) is 3.64. The van der Waals surface area contributed by atoms with E-state index in [4.69, 9.17) is 11.6 Å². The number of rotatable bonds is 4. The van der Waals surface area contributed by atoms with Gasteiger partial charge < -0.3 is 5.32 Å². The average molecular weight is 432 g/mol. The second-order valence-corrected chi connectivity index (χ2v) is 8.05. The van der Waals surface area contributed by atoms with Crippen molar-refractivity contribution in [1.82, 2.24) is 9.55 Å². The number of aromatic nitrogens is 2. The predicted molar refractivity (Wildman–Crippen MR) is 125 cm³/mol. The van der Waals surface area contributed by atoms with Crippen LogP contribution in [0.2, 0.25) is 5.02 Å². The Hall–Kier alpha value is -3.44. The molecule has 156 valence electrons. The third kappa shape index (κ3) is 4.23. The molecule has 3 aromatic carbocycles. The fraction of sp³-hybridized carbons (Fsp3) is 0.160. The van der Waals surface area contributed by atoms with E-state index in [0.717, 1.165) is 16.7 Å². The minimum atomic E-state index is -0.333. The number of aryl methyl sites for hydroxylation is 3. The first kappa shape index (κ1) is 20.8. The van der Waals surface area contributed by atoms with Gasteiger partial charge in [0.2, 0.25) is 0 Å². The SMILES string of the molecule is Cc1ccc(C)c(Cn2c(C)nc3ccc(NC(=O)c4ccccc4Cl)cc3c2=O)c1. The van der Waals surface area contributed by atoms with E-state index in [1.807, 2.05) is 20.8 Å². The van der Waals surface area contributed by atoms with Crippen LogP contribution in [0, 0.1) is 20.8 Å². The van der Waals surface area contributed by atoms with Crippen molar-refractivity contribution in [3.63, 3.8) is 0 Å². The number of hydrogen-bond donors (Lipinski definition) is 1. The number of nitrogens with zero attached hydrogens (tertiary/aromatic N) is 2. The van der Waals surface area contributed by atoms with E-state index >= 15 is 0 Å². The number of fused-ring (bicyclic) bond motifs is 1. The third-order valence-corrected chi connectivity index (χ3v) is 5.68. The van der Waals surface area contributed by atoms with Crippen LogP contribution in [0.15, 0.2) is 65.5 Å². The summed E-state index contributed by atoms with van der Waals surface area (Å²) in [6.45, 7) is 6.34. The number of amides is 1. The topological polar surface area (TPSA) is 64.0 Å². The summed E-state index contributed by atoms with van der Waals surface area (Å²) in [5.74, 6) is 0.312. The Morgan fingerprint density at radius 3 is 2.58 bits per heavy atom. The van der Waals surface area contributed by atoms with Crippen LogP contribution in [0.5, 0.6) is 0 Å². The summed E-state index contributed by atoms with van der Waals surface area (Å²) in [4.78, 5) is 30.5. The molecule has 0 aliphatic carbocycles. The minimum Gasteiger partial charge on any atom is -0.322 e. The molecule has 0 aliphatic rings.